The van der Waals surface area contributed by atoms with Gasteiger partial charge >= 0.3 is 23.9 Å². The van der Waals surface area contributed by atoms with Crippen molar-refractivity contribution < 1.29 is 42.9 Å². The predicted octanol–water partition coefficient (Wildman–Crippen LogP) is 4.99. The van der Waals surface area contributed by atoms with E-state index in [4.69, 9.17) is 18.9 Å². The van der Waals surface area contributed by atoms with E-state index in [9.17, 15) is 24.0 Å². The van der Waals surface area contributed by atoms with Gasteiger partial charge in [0.15, 0.2) is 0 Å². The molecule has 4 aliphatic rings. The lowest BCUT2D eigenvalue weighted by Crippen LogP contribution is -2.63. The van der Waals surface area contributed by atoms with Crippen molar-refractivity contribution in [3.63, 3.8) is 0 Å². The summed E-state index contributed by atoms with van der Waals surface area (Å²) in [6.45, 7) is 16.4. The fraction of sp³-hybridized carbons (Fsp3) is 0.649. The summed E-state index contributed by atoms with van der Waals surface area (Å²) in [5.41, 5.74) is -2.82. The Kier molecular flexibility index (Phi) is 8.78. The van der Waals surface area contributed by atoms with Gasteiger partial charge in [-0.15, -0.1) is 0 Å². The third-order valence-electron chi connectivity index (χ3n) is 12.4. The number of esters is 4. The van der Waals surface area contributed by atoms with E-state index in [0.717, 1.165) is 5.56 Å². The maximum absolute atomic E-state index is 14.0. The van der Waals surface area contributed by atoms with Crippen LogP contribution in [-0.2, 0) is 42.9 Å². The Labute approximate surface area is 277 Å². The Hall–Kier alpha value is -3.53. The molecule has 2 bridgehead atoms. The van der Waals surface area contributed by atoms with Crippen LogP contribution in [0.1, 0.15) is 85.8 Å². The molecule has 4 aliphatic carbocycles. The molecule has 0 unspecified atom stereocenters. The zero-order valence-corrected chi connectivity index (χ0v) is 29.1. The summed E-state index contributed by atoms with van der Waals surface area (Å²) in [5.74, 6) is -3.34. The summed E-state index contributed by atoms with van der Waals surface area (Å²) in [4.78, 5) is 68.3. The van der Waals surface area contributed by atoms with Crippen LogP contribution >= 0.6 is 0 Å². The summed E-state index contributed by atoms with van der Waals surface area (Å²) < 4.78 is 24.9. The monoisotopic (exact) mass is 651 g/mol. The normalized spacial score (nSPS) is 37.4. The summed E-state index contributed by atoms with van der Waals surface area (Å²) >= 11 is 0. The highest BCUT2D eigenvalue weighted by atomic mass is 16.6. The van der Waals surface area contributed by atoms with Crippen molar-refractivity contribution in [1.82, 2.24) is 4.90 Å². The second-order valence-electron chi connectivity index (χ2n) is 15.0. The maximum atomic E-state index is 14.0. The van der Waals surface area contributed by atoms with Crippen molar-refractivity contribution in [3.05, 3.63) is 48.0 Å². The molecule has 10 nitrogen and oxygen atoms in total. The second kappa shape index (κ2) is 11.9. The first-order valence-corrected chi connectivity index (χ1v) is 16.5. The first-order chi connectivity index (χ1) is 21.9. The number of nitrogens with zero attached hydrogens (tertiary/aromatic N) is 1. The second-order valence-corrected chi connectivity index (χ2v) is 15.0. The van der Waals surface area contributed by atoms with Crippen LogP contribution in [-0.4, -0.2) is 73.1 Å². The summed E-state index contributed by atoms with van der Waals surface area (Å²) in [6, 6.07) is 9.48. The molecule has 256 valence electrons. The van der Waals surface area contributed by atoms with E-state index in [1.807, 2.05) is 77.0 Å². The van der Waals surface area contributed by atoms with E-state index in [1.165, 1.54) is 20.8 Å². The van der Waals surface area contributed by atoms with E-state index in [-0.39, 0.29) is 24.7 Å². The Bertz CT molecular complexity index is 1490. The molecule has 0 radical (unpaired) electrons. The van der Waals surface area contributed by atoms with Gasteiger partial charge in [0.2, 0.25) is 0 Å². The summed E-state index contributed by atoms with van der Waals surface area (Å²) in [6.07, 6.45) is -2.79. The molecular weight excluding hydrogens is 602 g/mol. The minimum atomic E-state index is -1.27. The summed E-state index contributed by atoms with van der Waals surface area (Å²) in [5, 5.41) is 0. The van der Waals surface area contributed by atoms with Gasteiger partial charge in [-0.2, -0.15) is 0 Å². The zero-order chi connectivity index (χ0) is 34.9. The molecule has 5 rings (SSSR count). The van der Waals surface area contributed by atoms with Gasteiger partial charge in [0.05, 0.1) is 11.8 Å². The number of carbonyl (C=O) groups excluding carboxylic acids is 5. The van der Waals surface area contributed by atoms with E-state index in [2.05, 4.69) is 6.58 Å². The number of Topliss-reactive ketones (excluding diaryl/α,β-unsaturated/α-hetero) is 1. The fourth-order valence-electron chi connectivity index (χ4n) is 10.9. The summed E-state index contributed by atoms with van der Waals surface area (Å²) in [7, 11) is 3.81. The molecule has 0 amide bonds. The lowest BCUT2D eigenvalue weighted by atomic mass is 9.42. The van der Waals surface area contributed by atoms with E-state index in [0.29, 0.717) is 18.4 Å². The van der Waals surface area contributed by atoms with E-state index in [1.54, 1.807) is 0 Å². The topological polar surface area (TPSA) is 126 Å². The van der Waals surface area contributed by atoms with E-state index < -0.39 is 81.8 Å². The molecule has 0 saturated heterocycles. The van der Waals surface area contributed by atoms with Crippen LogP contribution in [0.25, 0.3) is 0 Å². The standard InChI is InChI=1S/C37H49NO9/c1-20-28(42)18-26-31(44-22(3)39)37-21(2)29(47-30(43)19-27(38(9)10)25-14-12-11-13-15-25)16-17-35(37,8)32(45-23(4)40)33(46-24(5)41)36(20,37)34(26,6)7/h11-15,20,26-27,29,31-33H,2,16-19H2,1,3-10H3/t20-,26+,27-,29+,31-,32+,33+,35+,36-,37-/m0/s1. The maximum Gasteiger partial charge on any atom is 0.308 e. The Balaban J connectivity index is 1.69. The third-order valence-corrected chi connectivity index (χ3v) is 12.4. The number of ether oxygens (including phenoxy) is 4. The van der Waals surface area contributed by atoms with Crippen LogP contribution in [0.15, 0.2) is 42.5 Å². The highest BCUT2D eigenvalue weighted by molar-refractivity contribution is 5.86. The highest BCUT2D eigenvalue weighted by Gasteiger charge is 2.92. The highest BCUT2D eigenvalue weighted by Crippen LogP contribution is 2.86. The van der Waals surface area contributed by atoms with Crippen molar-refractivity contribution in [2.45, 2.75) is 105 Å². The smallest absolute Gasteiger partial charge is 0.308 e. The number of hydrogen-bond acceptors (Lipinski definition) is 10. The first-order valence-electron chi connectivity index (χ1n) is 16.5. The minimum Gasteiger partial charge on any atom is -0.461 e. The Morgan fingerprint density at radius 2 is 1.45 bits per heavy atom. The molecule has 10 heteroatoms. The molecule has 1 aromatic rings. The molecule has 4 fully saturated rings. The average Bonchev–Trinajstić information content (AvgIpc) is 3.22. The predicted molar refractivity (Wildman–Crippen MR) is 171 cm³/mol. The first kappa shape index (κ1) is 34.8. The number of carbonyl (C=O) groups is 5. The largest absolute Gasteiger partial charge is 0.461 e. The van der Waals surface area contributed by atoms with Crippen molar-refractivity contribution >= 4 is 29.7 Å². The van der Waals surface area contributed by atoms with Crippen LogP contribution < -0.4 is 0 Å². The van der Waals surface area contributed by atoms with Gasteiger partial charge in [-0.1, -0.05) is 64.6 Å². The molecule has 0 heterocycles. The van der Waals surface area contributed by atoms with Gasteiger partial charge in [-0.05, 0) is 43.5 Å². The van der Waals surface area contributed by atoms with Crippen LogP contribution in [0.4, 0.5) is 0 Å². The van der Waals surface area contributed by atoms with Crippen molar-refractivity contribution in [1.29, 1.82) is 0 Å². The molecule has 47 heavy (non-hydrogen) atoms. The average molecular weight is 652 g/mol. The molecule has 1 aromatic carbocycles. The van der Waals surface area contributed by atoms with Crippen molar-refractivity contribution in [2.24, 2.45) is 33.5 Å². The molecule has 0 N–H and O–H groups in total. The number of ketones is 1. The van der Waals surface area contributed by atoms with Crippen LogP contribution in [0, 0.1) is 33.5 Å². The molecule has 2 spiro atoms. The number of fused-ring (bicyclic) bond motifs is 1. The minimum absolute atomic E-state index is 0.0602. The number of benzene rings is 1. The molecule has 4 saturated carbocycles. The number of hydrogen-bond donors (Lipinski definition) is 0. The van der Waals surface area contributed by atoms with Gasteiger partial charge in [-0.3, -0.25) is 24.0 Å². The molecular formula is C37H49NO9. The Morgan fingerprint density at radius 3 is 2.00 bits per heavy atom. The fourth-order valence-corrected chi connectivity index (χ4v) is 10.9. The van der Waals surface area contributed by atoms with Crippen LogP contribution in [0.3, 0.4) is 0 Å². The van der Waals surface area contributed by atoms with Gasteiger partial charge in [0.25, 0.3) is 0 Å². The van der Waals surface area contributed by atoms with Crippen LogP contribution in [0.5, 0.6) is 0 Å². The lowest BCUT2D eigenvalue weighted by molar-refractivity contribution is -0.194. The quantitative estimate of drug-likeness (QED) is 0.216. The van der Waals surface area contributed by atoms with Gasteiger partial charge in [0.1, 0.15) is 30.2 Å². The Morgan fingerprint density at radius 1 is 0.894 bits per heavy atom. The zero-order valence-electron chi connectivity index (χ0n) is 29.1. The van der Waals surface area contributed by atoms with Gasteiger partial charge in [0, 0.05) is 55.9 Å². The van der Waals surface area contributed by atoms with Crippen LogP contribution in [0.2, 0.25) is 0 Å². The lowest BCUT2D eigenvalue weighted by Gasteiger charge is -2.60. The van der Waals surface area contributed by atoms with Gasteiger partial charge in [-0.25, -0.2) is 0 Å². The molecule has 0 aromatic heterocycles. The SMILES string of the molecule is C=C1[C@H](OC(=O)C[C@@H](c2ccccc2)N(C)C)CC[C@]2(C)[C@H](OC(C)=O)[C@@H](OC(C)=O)[C@]34[C@@H](C)C(=O)C[C@H]([C@H](OC(C)=O)[C@]132)C4(C)C. The van der Waals surface area contributed by atoms with E-state index >= 15 is 0 Å². The van der Waals surface area contributed by atoms with Crippen molar-refractivity contribution in [2.75, 3.05) is 14.1 Å². The van der Waals surface area contributed by atoms with Crippen molar-refractivity contribution in [3.8, 4) is 0 Å². The van der Waals surface area contributed by atoms with Gasteiger partial charge < -0.3 is 23.8 Å². The molecule has 10 atom stereocenters. The number of rotatable bonds is 8. The molecule has 0 aliphatic heterocycles. The third kappa shape index (κ3) is 4.71.